The van der Waals surface area contributed by atoms with Crippen LogP contribution in [0.15, 0.2) is 72.8 Å². The molecule has 152 valence electrons. The van der Waals surface area contributed by atoms with E-state index < -0.39 is 11.8 Å². The lowest BCUT2D eigenvalue weighted by Gasteiger charge is -2.08. The SMILES string of the molecule is COc1ccc(OC)c(C(=O)/C=C/c2ccc(OC(=O)c3ccccc3F)cc2)c1. The Kier molecular flexibility index (Phi) is 6.60. The zero-order valence-corrected chi connectivity index (χ0v) is 16.4. The van der Waals surface area contributed by atoms with Gasteiger partial charge in [-0.2, -0.15) is 0 Å². The Labute approximate surface area is 173 Å². The van der Waals surface area contributed by atoms with Gasteiger partial charge in [-0.15, -0.1) is 0 Å². The Morgan fingerprint density at radius 1 is 0.833 bits per heavy atom. The van der Waals surface area contributed by atoms with E-state index in [1.54, 1.807) is 54.6 Å². The molecule has 0 heterocycles. The van der Waals surface area contributed by atoms with E-state index in [1.807, 2.05) is 0 Å². The van der Waals surface area contributed by atoms with Gasteiger partial charge >= 0.3 is 5.97 Å². The number of hydrogen-bond donors (Lipinski definition) is 0. The summed E-state index contributed by atoms with van der Waals surface area (Å²) in [5.41, 5.74) is 0.957. The number of allylic oxidation sites excluding steroid dienone is 1. The first-order chi connectivity index (χ1) is 14.5. The number of rotatable bonds is 7. The van der Waals surface area contributed by atoms with Crippen LogP contribution in [0.3, 0.4) is 0 Å². The fraction of sp³-hybridized carbons (Fsp3) is 0.0833. The third-order valence-electron chi connectivity index (χ3n) is 4.28. The maximum atomic E-state index is 13.7. The van der Waals surface area contributed by atoms with E-state index in [9.17, 15) is 14.0 Å². The quantitative estimate of drug-likeness (QED) is 0.240. The molecular weight excluding hydrogens is 387 g/mol. The van der Waals surface area contributed by atoms with Gasteiger partial charge in [0, 0.05) is 0 Å². The summed E-state index contributed by atoms with van der Waals surface area (Å²) in [6.45, 7) is 0. The van der Waals surface area contributed by atoms with Gasteiger partial charge in [-0.05, 0) is 54.1 Å². The molecule has 0 aliphatic heterocycles. The van der Waals surface area contributed by atoms with Crippen molar-refractivity contribution in [2.45, 2.75) is 0 Å². The Balaban J connectivity index is 1.70. The summed E-state index contributed by atoms with van der Waals surface area (Å²) in [5.74, 6) is -0.415. The van der Waals surface area contributed by atoms with Gasteiger partial charge in [0.2, 0.25) is 0 Å². The van der Waals surface area contributed by atoms with Crippen LogP contribution in [0.2, 0.25) is 0 Å². The molecule has 30 heavy (non-hydrogen) atoms. The molecule has 0 aliphatic rings. The van der Waals surface area contributed by atoms with Gasteiger partial charge in [0.25, 0.3) is 0 Å². The standard InChI is InChI=1S/C24H19FO5/c1-28-18-12-14-23(29-2)20(15-18)22(26)13-9-16-7-10-17(11-8-16)30-24(27)19-5-3-4-6-21(19)25/h3-15H,1-2H3/b13-9+. The van der Waals surface area contributed by atoms with Crippen molar-refractivity contribution in [2.24, 2.45) is 0 Å². The van der Waals surface area contributed by atoms with Crippen molar-refractivity contribution in [3.05, 3.63) is 95.3 Å². The first kappa shape index (κ1) is 20.8. The lowest BCUT2D eigenvalue weighted by molar-refractivity contribution is 0.0729. The molecule has 3 rings (SSSR count). The minimum Gasteiger partial charge on any atom is -0.497 e. The zero-order chi connectivity index (χ0) is 21.5. The molecule has 6 heteroatoms. The number of methoxy groups -OCH3 is 2. The fourth-order valence-electron chi connectivity index (χ4n) is 2.70. The molecule has 0 radical (unpaired) electrons. The molecule has 0 spiro atoms. The van der Waals surface area contributed by atoms with Crippen molar-refractivity contribution in [3.8, 4) is 17.2 Å². The molecular formula is C24H19FO5. The minimum atomic E-state index is -0.781. The summed E-state index contributed by atoms with van der Waals surface area (Å²) < 4.78 is 29.2. The zero-order valence-electron chi connectivity index (χ0n) is 16.4. The number of halogens is 1. The summed E-state index contributed by atoms with van der Waals surface area (Å²) in [6, 6.07) is 17.1. The van der Waals surface area contributed by atoms with Crippen LogP contribution in [-0.2, 0) is 0 Å². The first-order valence-electron chi connectivity index (χ1n) is 9.03. The first-order valence-corrected chi connectivity index (χ1v) is 9.03. The number of ketones is 1. The Morgan fingerprint density at radius 2 is 1.53 bits per heavy atom. The predicted molar refractivity (Wildman–Crippen MR) is 111 cm³/mol. The van der Waals surface area contributed by atoms with Crippen molar-refractivity contribution >= 4 is 17.8 Å². The molecule has 0 N–H and O–H groups in total. The molecule has 0 atom stereocenters. The molecule has 0 fully saturated rings. The maximum Gasteiger partial charge on any atom is 0.346 e. The molecule has 0 amide bonds. The third-order valence-corrected chi connectivity index (χ3v) is 4.28. The number of ether oxygens (including phenoxy) is 3. The van der Waals surface area contributed by atoms with E-state index in [4.69, 9.17) is 14.2 Å². The van der Waals surface area contributed by atoms with Crippen LogP contribution in [0.4, 0.5) is 4.39 Å². The summed E-state index contributed by atoms with van der Waals surface area (Å²) in [6.07, 6.45) is 3.04. The average molecular weight is 406 g/mol. The van der Waals surface area contributed by atoms with Gasteiger partial charge in [0.15, 0.2) is 5.78 Å². The molecule has 0 bridgehead atoms. The predicted octanol–water partition coefficient (Wildman–Crippen LogP) is 4.96. The minimum absolute atomic E-state index is 0.140. The van der Waals surface area contributed by atoms with Crippen molar-refractivity contribution < 1.29 is 28.2 Å². The van der Waals surface area contributed by atoms with Gasteiger partial charge in [-0.25, -0.2) is 9.18 Å². The number of esters is 1. The summed E-state index contributed by atoms with van der Waals surface area (Å²) in [7, 11) is 3.01. The second kappa shape index (κ2) is 9.52. The van der Waals surface area contributed by atoms with Crippen LogP contribution in [0, 0.1) is 5.82 Å². The highest BCUT2D eigenvalue weighted by molar-refractivity contribution is 6.08. The third kappa shape index (κ3) is 4.91. The number of hydrogen-bond acceptors (Lipinski definition) is 5. The van der Waals surface area contributed by atoms with Crippen molar-refractivity contribution in [3.63, 3.8) is 0 Å². The summed E-state index contributed by atoms with van der Waals surface area (Å²) in [5, 5.41) is 0. The monoisotopic (exact) mass is 406 g/mol. The number of carbonyl (C=O) groups is 2. The highest BCUT2D eigenvalue weighted by Crippen LogP contribution is 2.25. The van der Waals surface area contributed by atoms with Gasteiger partial charge in [-0.3, -0.25) is 4.79 Å². The van der Waals surface area contributed by atoms with Crippen molar-refractivity contribution in [2.75, 3.05) is 14.2 Å². The van der Waals surface area contributed by atoms with Gasteiger partial charge in [0.1, 0.15) is 23.1 Å². The molecule has 3 aromatic rings. The topological polar surface area (TPSA) is 61.8 Å². The van der Waals surface area contributed by atoms with E-state index in [-0.39, 0.29) is 17.1 Å². The fourth-order valence-corrected chi connectivity index (χ4v) is 2.70. The second-order valence-electron chi connectivity index (χ2n) is 6.20. The van der Waals surface area contributed by atoms with Gasteiger partial charge < -0.3 is 14.2 Å². The lowest BCUT2D eigenvalue weighted by atomic mass is 10.1. The second-order valence-corrected chi connectivity index (χ2v) is 6.20. The van der Waals surface area contributed by atoms with Crippen LogP contribution < -0.4 is 14.2 Å². The highest BCUT2D eigenvalue weighted by atomic mass is 19.1. The molecule has 3 aromatic carbocycles. The lowest BCUT2D eigenvalue weighted by Crippen LogP contribution is -2.10. The smallest absolute Gasteiger partial charge is 0.346 e. The average Bonchev–Trinajstić information content (AvgIpc) is 2.78. The molecule has 5 nitrogen and oxygen atoms in total. The van der Waals surface area contributed by atoms with E-state index in [2.05, 4.69) is 0 Å². The highest BCUT2D eigenvalue weighted by Gasteiger charge is 2.13. The summed E-state index contributed by atoms with van der Waals surface area (Å²) >= 11 is 0. The van der Waals surface area contributed by atoms with E-state index in [0.29, 0.717) is 17.1 Å². The molecule has 0 aromatic heterocycles. The van der Waals surface area contributed by atoms with E-state index >= 15 is 0 Å². The number of benzene rings is 3. The Hall–Kier alpha value is -3.93. The van der Waals surface area contributed by atoms with Crippen molar-refractivity contribution in [1.29, 1.82) is 0 Å². The van der Waals surface area contributed by atoms with Crippen LogP contribution >= 0.6 is 0 Å². The van der Waals surface area contributed by atoms with Gasteiger partial charge in [-0.1, -0.05) is 30.3 Å². The molecule has 0 aliphatic carbocycles. The largest absolute Gasteiger partial charge is 0.497 e. The van der Waals surface area contributed by atoms with E-state index in [0.717, 1.165) is 5.56 Å². The van der Waals surface area contributed by atoms with Crippen LogP contribution in [-0.4, -0.2) is 26.0 Å². The van der Waals surface area contributed by atoms with Crippen LogP contribution in [0.5, 0.6) is 17.2 Å². The Morgan fingerprint density at radius 3 is 2.20 bits per heavy atom. The van der Waals surface area contributed by atoms with Gasteiger partial charge in [0.05, 0.1) is 25.3 Å². The van der Waals surface area contributed by atoms with Crippen LogP contribution in [0.25, 0.3) is 6.08 Å². The van der Waals surface area contributed by atoms with E-state index in [1.165, 1.54) is 38.5 Å². The van der Waals surface area contributed by atoms with Crippen molar-refractivity contribution in [1.82, 2.24) is 0 Å². The summed E-state index contributed by atoms with van der Waals surface area (Å²) in [4.78, 5) is 24.6. The maximum absolute atomic E-state index is 13.7. The molecule has 0 saturated heterocycles. The number of carbonyl (C=O) groups excluding carboxylic acids is 2. The molecule has 0 unspecified atom stereocenters. The molecule has 0 saturated carbocycles. The normalized spacial score (nSPS) is 10.6. The Bertz CT molecular complexity index is 1090. The van der Waals surface area contributed by atoms with Crippen LogP contribution in [0.1, 0.15) is 26.3 Å².